The number of nitrogens with two attached hydrogens (primary N) is 1. The highest BCUT2D eigenvalue weighted by molar-refractivity contribution is 14.1. The van der Waals surface area contributed by atoms with Crippen LogP contribution in [0.2, 0.25) is 0 Å². The van der Waals surface area contributed by atoms with Gasteiger partial charge in [-0.05, 0) is 40.8 Å². The molecular formula is C10H11FINO2. The Labute approximate surface area is 101 Å². The molecule has 0 aliphatic heterocycles. The van der Waals surface area contributed by atoms with Crippen LogP contribution in [-0.2, 0) is 9.53 Å². The minimum absolute atomic E-state index is 0.0203. The molecule has 0 unspecified atom stereocenters. The molecule has 0 heterocycles. The van der Waals surface area contributed by atoms with E-state index in [4.69, 9.17) is 5.73 Å². The van der Waals surface area contributed by atoms with Crippen molar-refractivity contribution in [1.29, 1.82) is 0 Å². The van der Waals surface area contributed by atoms with E-state index in [1.807, 2.05) is 0 Å². The fraction of sp³-hybridized carbons (Fsp3) is 0.300. The molecular weight excluding hydrogens is 312 g/mol. The topological polar surface area (TPSA) is 52.3 Å². The van der Waals surface area contributed by atoms with Crippen LogP contribution in [0.5, 0.6) is 0 Å². The molecule has 0 fully saturated rings. The average molecular weight is 323 g/mol. The van der Waals surface area contributed by atoms with Gasteiger partial charge in [0, 0.05) is 15.2 Å². The van der Waals surface area contributed by atoms with E-state index in [2.05, 4.69) is 27.3 Å². The molecule has 0 bridgehead atoms. The van der Waals surface area contributed by atoms with Crippen molar-refractivity contribution in [2.45, 2.75) is 12.5 Å². The van der Waals surface area contributed by atoms with Gasteiger partial charge in [0.15, 0.2) is 0 Å². The van der Waals surface area contributed by atoms with Crippen LogP contribution < -0.4 is 5.73 Å². The first kappa shape index (κ1) is 12.4. The van der Waals surface area contributed by atoms with Crippen molar-refractivity contribution in [1.82, 2.24) is 0 Å². The molecule has 15 heavy (non-hydrogen) atoms. The van der Waals surface area contributed by atoms with Crippen molar-refractivity contribution in [3.8, 4) is 0 Å². The zero-order valence-corrected chi connectivity index (χ0v) is 10.3. The third kappa shape index (κ3) is 3.42. The van der Waals surface area contributed by atoms with Gasteiger partial charge in [-0.1, -0.05) is 0 Å². The molecule has 0 saturated heterocycles. The summed E-state index contributed by atoms with van der Waals surface area (Å²) in [6.45, 7) is 0. The Kier molecular flexibility index (Phi) is 4.46. The monoisotopic (exact) mass is 323 g/mol. The number of hydrogen-bond donors (Lipinski definition) is 1. The van der Waals surface area contributed by atoms with Gasteiger partial charge in [-0.25, -0.2) is 4.39 Å². The van der Waals surface area contributed by atoms with Crippen molar-refractivity contribution < 1.29 is 13.9 Å². The van der Waals surface area contributed by atoms with Crippen LogP contribution in [0, 0.1) is 9.39 Å². The van der Waals surface area contributed by atoms with E-state index in [1.165, 1.54) is 13.2 Å². The summed E-state index contributed by atoms with van der Waals surface area (Å²) in [6.07, 6.45) is -0.0203. The molecule has 2 N–H and O–H groups in total. The SMILES string of the molecule is COC(=O)C[C@@H](N)c1cc(I)ccc1F. The summed E-state index contributed by atoms with van der Waals surface area (Å²) < 4.78 is 18.7. The second-order valence-electron chi connectivity index (χ2n) is 3.05. The largest absolute Gasteiger partial charge is 0.469 e. The highest BCUT2D eigenvalue weighted by atomic mass is 127. The lowest BCUT2D eigenvalue weighted by molar-refractivity contribution is -0.141. The smallest absolute Gasteiger partial charge is 0.307 e. The van der Waals surface area contributed by atoms with Crippen molar-refractivity contribution in [2.24, 2.45) is 5.73 Å². The summed E-state index contributed by atoms with van der Waals surface area (Å²) in [5.74, 6) is -0.840. The lowest BCUT2D eigenvalue weighted by atomic mass is 10.0. The first-order valence-electron chi connectivity index (χ1n) is 4.32. The molecule has 0 saturated carbocycles. The molecule has 0 aliphatic rings. The lowest BCUT2D eigenvalue weighted by Crippen LogP contribution is -2.17. The van der Waals surface area contributed by atoms with Crippen LogP contribution >= 0.6 is 22.6 Å². The van der Waals surface area contributed by atoms with Crippen molar-refractivity contribution in [2.75, 3.05) is 7.11 Å². The Morgan fingerprint density at radius 1 is 1.67 bits per heavy atom. The van der Waals surface area contributed by atoms with Gasteiger partial charge in [0.05, 0.1) is 13.5 Å². The van der Waals surface area contributed by atoms with E-state index in [-0.39, 0.29) is 6.42 Å². The number of esters is 1. The fourth-order valence-corrected chi connectivity index (χ4v) is 1.69. The summed E-state index contributed by atoms with van der Waals surface area (Å²) in [6, 6.07) is 3.95. The summed E-state index contributed by atoms with van der Waals surface area (Å²) in [4.78, 5) is 11.0. The highest BCUT2D eigenvalue weighted by Crippen LogP contribution is 2.20. The summed E-state index contributed by atoms with van der Waals surface area (Å²) in [7, 11) is 1.28. The summed E-state index contributed by atoms with van der Waals surface area (Å²) in [5.41, 5.74) is 6.04. The number of halogens is 2. The first-order chi connectivity index (χ1) is 7.04. The van der Waals surface area contributed by atoms with E-state index >= 15 is 0 Å². The first-order valence-corrected chi connectivity index (χ1v) is 5.40. The Hall–Kier alpha value is -0.690. The standard InChI is InChI=1S/C10H11FINO2/c1-15-10(14)5-9(13)7-4-6(12)2-3-8(7)11/h2-4,9H,5,13H2,1H3/t9-/m1/s1. The molecule has 0 amide bonds. The molecule has 0 spiro atoms. The van der Waals surface area contributed by atoms with Crippen LogP contribution in [0.1, 0.15) is 18.0 Å². The average Bonchev–Trinajstić information content (AvgIpc) is 2.21. The van der Waals surface area contributed by atoms with Gasteiger partial charge in [0.2, 0.25) is 0 Å². The molecule has 0 aromatic heterocycles. The highest BCUT2D eigenvalue weighted by Gasteiger charge is 2.15. The number of carbonyl (C=O) groups is 1. The third-order valence-corrected chi connectivity index (χ3v) is 2.64. The summed E-state index contributed by atoms with van der Waals surface area (Å²) >= 11 is 2.06. The van der Waals surface area contributed by atoms with E-state index in [9.17, 15) is 9.18 Å². The lowest BCUT2D eigenvalue weighted by Gasteiger charge is -2.11. The predicted molar refractivity (Wildman–Crippen MR) is 62.7 cm³/mol. The van der Waals surface area contributed by atoms with Gasteiger partial charge in [-0.2, -0.15) is 0 Å². The van der Waals surface area contributed by atoms with Crippen LogP contribution in [0.25, 0.3) is 0 Å². The molecule has 1 rings (SSSR count). The molecule has 1 atom stereocenters. The quantitative estimate of drug-likeness (QED) is 0.684. The molecule has 3 nitrogen and oxygen atoms in total. The number of rotatable bonds is 3. The number of hydrogen-bond acceptors (Lipinski definition) is 3. The van der Waals surface area contributed by atoms with E-state index in [0.29, 0.717) is 5.56 Å². The van der Waals surface area contributed by atoms with Crippen LogP contribution in [0.4, 0.5) is 4.39 Å². The van der Waals surface area contributed by atoms with Gasteiger partial charge >= 0.3 is 5.97 Å². The van der Waals surface area contributed by atoms with Gasteiger partial charge < -0.3 is 10.5 Å². The van der Waals surface area contributed by atoms with Gasteiger partial charge in [-0.15, -0.1) is 0 Å². The maximum Gasteiger partial charge on any atom is 0.307 e. The fourth-order valence-electron chi connectivity index (χ4n) is 1.17. The number of benzene rings is 1. The van der Waals surface area contributed by atoms with Crippen molar-refractivity contribution in [3.05, 3.63) is 33.1 Å². The van der Waals surface area contributed by atoms with Crippen molar-refractivity contribution in [3.63, 3.8) is 0 Å². The van der Waals surface area contributed by atoms with E-state index < -0.39 is 17.8 Å². The second-order valence-corrected chi connectivity index (χ2v) is 4.30. The number of methoxy groups -OCH3 is 1. The minimum atomic E-state index is -0.660. The second kappa shape index (κ2) is 5.41. The normalized spacial score (nSPS) is 12.3. The van der Waals surface area contributed by atoms with Gasteiger partial charge in [0.25, 0.3) is 0 Å². The Morgan fingerprint density at radius 2 is 2.33 bits per heavy atom. The molecule has 1 aromatic carbocycles. The predicted octanol–water partition coefficient (Wildman–Crippen LogP) is 1.99. The molecule has 0 aliphatic carbocycles. The zero-order valence-electron chi connectivity index (χ0n) is 8.17. The van der Waals surface area contributed by atoms with E-state index in [0.717, 1.165) is 3.57 Å². The number of ether oxygens (including phenoxy) is 1. The van der Waals surface area contributed by atoms with Crippen molar-refractivity contribution >= 4 is 28.6 Å². The minimum Gasteiger partial charge on any atom is -0.469 e. The van der Waals surface area contributed by atoms with Gasteiger partial charge in [0.1, 0.15) is 5.82 Å². The van der Waals surface area contributed by atoms with Crippen LogP contribution in [0.15, 0.2) is 18.2 Å². The molecule has 5 heteroatoms. The van der Waals surface area contributed by atoms with E-state index in [1.54, 1.807) is 12.1 Å². The third-order valence-electron chi connectivity index (χ3n) is 1.97. The number of carbonyl (C=O) groups excluding carboxylic acids is 1. The summed E-state index contributed by atoms with van der Waals surface area (Å²) in [5, 5.41) is 0. The van der Waals surface area contributed by atoms with Crippen LogP contribution in [0.3, 0.4) is 0 Å². The van der Waals surface area contributed by atoms with Gasteiger partial charge in [-0.3, -0.25) is 4.79 Å². The molecule has 0 radical (unpaired) electrons. The molecule has 1 aromatic rings. The maximum atomic E-state index is 13.3. The maximum absolute atomic E-state index is 13.3. The molecule has 82 valence electrons. The Balaban J connectivity index is 2.85. The Bertz CT molecular complexity index is 370. The zero-order chi connectivity index (χ0) is 11.4. The van der Waals surface area contributed by atoms with Crippen LogP contribution in [-0.4, -0.2) is 13.1 Å². The Morgan fingerprint density at radius 3 is 2.93 bits per heavy atom.